The van der Waals surface area contributed by atoms with Gasteiger partial charge in [-0.05, 0) is 31.5 Å². The second-order valence-electron chi connectivity index (χ2n) is 5.57. The van der Waals surface area contributed by atoms with E-state index in [1.807, 2.05) is 23.0 Å². The lowest BCUT2D eigenvalue weighted by Crippen LogP contribution is -2.25. The Hall–Kier alpha value is -1.63. The number of nitrogens with zero attached hydrogens (tertiary/aromatic N) is 2. The summed E-state index contributed by atoms with van der Waals surface area (Å²) < 4.78 is 13.4. The smallest absolute Gasteiger partial charge is 0.129 e. The van der Waals surface area contributed by atoms with Crippen molar-refractivity contribution in [3.8, 4) is 0 Å². The fourth-order valence-corrected chi connectivity index (χ4v) is 3.00. The van der Waals surface area contributed by atoms with Crippen LogP contribution in [0.2, 0.25) is 0 Å². The van der Waals surface area contributed by atoms with Crippen molar-refractivity contribution in [3.63, 3.8) is 0 Å². The SMILES string of the molecule is CCn1nccc1[C@@H]1OCC[C@H]1CNCc1ccc(CO)o1. The molecule has 0 spiro atoms. The van der Waals surface area contributed by atoms with Gasteiger partial charge in [0.1, 0.15) is 24.2 Å². The number of aryl methyl sites for hydroxylation is 1. The lowest BCUT2D eigenvalue weighted by molar-refractivity contribution is 0.0828. The molecule has 0 amide bonds. The van der Waals surface area contributed by atoms with Crippen molar-refractivity contribution in [2.45, 2.75) is 39.1 Å². The highest BCUT2D eigenvalue weighted by Gasteiger charge is 2.31. The Labute approximate surface area is 130 Å². The number of aromatic nitrogens is 2. The molecular formula is C16H23N3O3. The zero-order chi connectivity index (χ0) is 15.4. The van der Waals surface area contributed by atoms with Crippen molar-refractivity contribution in [2.75, 3.05) is 13.2 Å². The minimum Gasteiger partial charge on any atom is -0.462 e. The molecule has 0 aromatic carbocycles. The second kappa shape index (κ2) is 7.09. The molecule has 0 radical (unpaired) electrons. The second-order valence-corrected chi connectivity index (χ2v) is 5.57. The number of aliphatic hydroxyl groups is 1. The molecule has 6 heteroatoms. The number of nitrogens with one attached hydrogen (secondary N) is 1. The summed E-state index contributed by atoms with van der Waals surface area (Å²) in [6.07, 6.45) is 3.00. The van der Waals surface area contributed by atoms with Crippen LogP contribution in [0.25, 0.3) is 0 Å². The van der Waals surface area contributed by atoms with Crippen LogP contribution >= 0.6 is 0 Å². The zero-order valence-corrected chi connectivity index (χ0v) is 12.9. The standard InChI is InChI=1S/C16H23N3O3/c1-2-19-15(5-7-18-19)16-12(6-8-21-16)9-17-10-13-3-4-14(11-20)22-13/h3-5,7,12,16-17,20H,2,6,8-11H2,1H3/t12-,16+/m0/s1. The zero-order valence-electron chi connectivity index (χ0n) is 12.9. The fourth-order valence-electron chi connectivity index (χ4n) is 3.00. The Bertz CT molecular complexity index is 593. The van der Waals surface area contributed by atoms with E-state index < -0.39 is 0 Å². The molecule has 0 aliphatic carbocycles. The van der Waals surface area contributed by atoms with E-state index in [-0.39, 0.29) is 12.7 Å². The van der Waals surface area contributed by atoms with Crippen LogP contribution < -0.4 is 5.32 Å². The molecular weight excluding hydrogens is 282 g/mol. The summed E-state index contributed by atoms with van der Waals surface area (Å²) in [5.41, 5.74) is 1.16. The van der Waals surface area contributed by atoms with Crippen molar-refractivity contribution in [3.05, 3.63) is 41.6 Å². The maximum atomic E-state index is 9.00. The van der Waals surface area contributed by atoms with E-state index in [2.05, 4.69) is 17.3 Å². The van der Waals surface area contributed by atoms with Crippen LogP contribution in [0, 0.1) is 5.92 Å². The molecule has 2 aromatic rings. The number of aliphatic hydroxyl groups excluding tert-OH is 1. The summed E-state index contributed by atoms with van der Waals surface area (Å²) in [6.45, 7) is 5.22. The van der Waals surface area contributed by atoms with Gasteiger partial charge in [-0.1, -0.05) is 0 Å². The first-order valence-corrected chi connectivity index (χ1v) is 7.84. The third-order valence-electron chi connectivity index (χ3n) is 4.13. The lowest BCUT2D eigenvalue weighted by atomic mass is 9.99. The van der Waals surface area contributed by atoms with Crippen LogP contribution in [0.1, 0.15) is 36.7 Å². The maximum absolute atomic E-state index is 9.00. The normalized spacial score (nSPS) is 21.5. The molecule has 3 rings (SSSR count). The quantitative estimate of drug-likeness (QED) is 0.817. The predicted octanol–water partition coefficient (Wildman–Crippen LogP) is 1.86. The van der Waals surface area contributed by atoms with Crippen molar-refractivity contribution in [1.29, 1.82) is 0 Å². The molecule has 2 atom stereocenters. The van der Waals surface area contributed by atoms with E-state index in [1.54, 1.807) is 6.07 Å². The van der Waals surface area contributed by atoms with E-state index >= 15 is 0 Å². The summed E-state index contributed by atoms with van der Waals surface area (Å²) >= 11 is 0. The highest BCUT2D eigenvalue weighted by Crippen LogP contribution is 2.34. The Morgan fingerprint density at radius 2 is 2.23 bits per heavy atom. The van der Waals surface area contributed by atoms with Crippen molar-refractivity contribution < 1.29 is 14.3 Å². The Morgan fingerprint density at radius 1 is 1.36 bits per heavy atom. The molecule has 22 heavy (non-hydrogen) atoms. The van der Waals surface area contributed by atoms with Gasteiger partial charge in [0.25, 0.3) is 0 Å². The van der Waals surface area contributed by atoms with Gasteiger partial charge in [-0.25, -0.2) is 0 Å². The monoisotopic (exact) mass is 305 g/mol. The van der Waals surface area contributed by atoms with Gasteiger partial charge in [0, 0.05) is 31.8 Å². The highest BCUT2D eigenvalue weighted by molar-refractivity contribution is 5.09. The average Bonchev–Trinajstić information content (AvgIpc) is 3.27. The van der Waals surface area contributed by atoms with Crippen molar-refractivity contribution in [2.24, 2.45) is 5.92 Å². The molecule has 2 N–H and O–H groups in total. The van der Waals surface area contributed by atoms with Gasteiger partial charge in [0.05, 0.1) is 12.2 Å². The number of hydrogen-bond acceptors (Lipinski definition) is 5. The van der Waals surface area contributed by atoms with Gasteiger partial charge in [-0.2, -0.15) is 5.10 Å². The summed E-state index contributed by atoms with van der Waals surface area (Å²) in [5, 5.41) is 16.8. The van der Waals surface area contributed by atoms with Crippen molar-refractivity contribution in [1.82, 2.24) is 15.1 Å². The van der Waals surface area contributed by atoms with Gasteiger partial charge in [-0.15, -0.1) is 0 Å². The van der Waals surface area contributed by atoms with Gasteiger partial charge < -0.3 is 19.6 Å². The molecule has 0 saturated carbocycles. The van der Waals surface area contributed by atoms with E-state index in [4.69, 9.17) is 14.3 Å². The number of furan rings is 1. The molecule has 2 aromatic heterocycles. The minimum atomic E-state index is -0.0560. The minimum absolute atomic E-state index is 0.0560. The first-order valence-electron chi connectivity index (χ1n) is 7.84. The van der Waals surface area contributed by atoms with Gasteiger partial charge in [0.2, 0.25) is 0 Å². The molecule has 1 saturated heterocycles. The molecule has 1 aliphatic heterocycles. The summed E-state index contributed by atoms with van der Waals surface area (Å²) in [5.74, 6) is 1.89. The first-order chi connectivity index (χ1) is 10.8. The Morgan fingerprint density at radius 3 is 3.00 bits per heavy atom. The van der Waals surface area contributed by atoms with E-state index in [1.165, 1.54) is 0 Å². The molecule has 0 bridgehead atoms. The van der Waals surface area contributed by atoms with E-state index in [0.717, 1.165) is 37.6 Å². The largest absolute Gasteiger partial charge is 0.462 e. The van der Waals surface area contributed by atoms with Gasteiger partial charge >= 0.3 is 0 Å². The third-order valence-corrected chi connectivity index (χ3v) is 4.13. The fraction of sp³-hybridized carbons (Fsp3) is 0.562. The maximum Gasteiger partial charge on any atom is 0.129 e. The molecule has 1 aliphatic rings. The summed E-state index contributed by atoms with van der Waals surface area (Å²) in [7, 11) is 0. The van der Waals surface area contributed by atoms with Crippen LogP contribution in [-0.2, 0) is 24.4 Å². The number of hydrogen-bond donors (Lipinski definition) is 2. The molecule has 120 valence electrons. The van der Waals surface area contributed by atoms with Crippen LogP contribution in [0.5, 0.6) is 0 Å². The van der Waals surface area contributed by atoms with Crippen LogP contribution in [0.4, 0.5) is 0 Å². The summed E-state index contributed by atoms with van der Waals surface area (Å²) in [6, 6.07) is 5.75. The number of ether oxygens (including phenoxy) is 1. The van der Waals surface area contributed by atoms with Crippen LogP contribution in [0.15, 0.2) is 28.8 Å². The summed E-state index contributed by atoms with van der Waals surface area (Å²) in [4.78, 5) is 0. The molecule has 6 nitrogen and oxygen atoms in total. The first kappa shape index (κ1) is 15.3. The average molecular weight is 305 g/mol. The number of rotatable bonds is 7. The van der Waals surface area contributed by atoms with E-state index in [0.29, 0.717) is 18.2 Å². The molecule has 1 fully saturated rings. The topological polar surface area (TPSA) is 72.5 Å². The van der Waals surface area contributed by atoms with Gasteiger partial charge in [0.15, 0.2) is 0 Å². The lowest BCUT2D eigenvalue weighted by Gasteiger charge is -2.19. The Balaban J connectivity index is 1.55. The molecule has 0 unspecified atom stereocenters. The Kier molecular flexibility index (Phi) is 4.92. The van der Waals surface area contributed by atoms with Crippen molar-refractivity contribution >= 4 is 0 Å². The van der Waals surface area contributed by atoms with Crippen LogP contribution in [0.3, 0.4) is 0 Å². The third kappa shape index (κ3) is 3.24. The highest BCUT2D eigenvalue weighted by atomic mass is 16.5. The van der Waals surface area contributed by atoms with Crippen LogP contribution in [-0.4, -0.2) is 28.0 Å². The predicted molar refractivity (Wildman–Crippen MR) is 81.0 cm³/mol. The van der Waals surface area contributed by atoms with E-state index in [9.17, 15) is 0 Å². The molecule has 3 heterocycles. The van der Waals surface area contributed by atoms with Gasteiger partial charge in [-0.3, -0.25) is 4.68 Å².